The van der Waals surface area contributed by atoms with Crippen molar-refractivity contribution >= 4 is 31.6 Å². The molecular formula is C11H13BrF4N2O2S. The van der Waals surface area contributed by atoms with E-state index in [2.05, 4.69) is 20.7 Å². The van der Waals surface area contributed by atoms with Crippen LogP contribution >= 0.6 is 15.9 Å². The number of halogens is 5. The van der Waals surface area contributed by atoms with Gasteiger partial charge in [-0.3, -0.25) is 0 Å². The van der Waals surface area contributed by atoms with Crippen LogP contribution in [-0.2, 0) is 10.0 Å². The Labute approximate surface area is 127 Å². The van der Waals surface area contributed by atoms with Crippen LogP contribution in [0.3, 0.4) is 0 Å². The molecule has 0 bridgehead atoms. The zero-order valence-electron chi connectivity index (χ0n) is 10.7. The van der Waals surface area contributed by atoms with Crippen molar-refractivity contribution in [3.63, 3.8) is 0 Å². The molecule has 0 saturated carbocycles. The van der Waals surface area contributed by atoms with Crippen LogP contribution < -0.4 is 10.5 Å². The number of benzene rings is 1. The van der Waals surface area contributed by atoms with E-state index in [1.165, 1.54) is 0 Å². The Hall–Kier alpha value is -0.870. The highest BCUT2D eigenvalue weighted by atomic mass is 79.9. The molecule has 0 aliphatic carbocycles. The number of nitrogen functional groups attached to an aromatic ring is 1. The Bertz CT molecular complexity index is 605. The molecule has 0 saturated heterocycles. The molecule has 0 amide bonds. The number of nitrogens with two attached hydrogens (primary N) is 1. The number of anilines is 1. The number of unbranched alkanes of at least 4 members (excludes halogenated alkanes) is 1. The fourth-order valence-electron chi connectivity index (χ4n) is 1.49. The van der Waals surface area contributed by atoms with E-state index in [9.17, 15) is 26.0 Å². The highest BCUT2D eigenvalue weighted by molar-refractivity contribution is 9.10. The van der Waals surface area contributed by atoms with Crippen molar-refractivity contribution in [1.29, 1.82) is 0 Å². The first kappa shape index (κ1) is 18.2. The predicted octanol–water partition coefficient (Wildman–Crippen LogP) is 3.18. The van der Waals surface area contributed by atoms with Crippen LogP contribution in [-0.4, -0.2) is 21.1 Å². The number of alkyl halides is 3. The molecule has 1 aromatic carbocycles. The summed E-state index contributed by atoms with van der Waals surface area (Å²) in [6.07, 6.45) is -5.37. The zero-order valence-corrected chi connectivity index (χ0v) is 13.1. The SMILES string of the molecule is Nc1cc(S(=O)(=O)NCCCCC(F)(F)F)c(Br)cc1F. The molecule has 0 heterocycles. The van der Waals surface area contributed by atoms with Gasteiger partial charge in [0.25, 0.3) is 0 Å². The Morgan fingerprint density at radius 3 is 2.43 bits per heavy atom. The lowest BCUT2D eigenvalue weighted by Crippen LogP contribution is -2.25. The van der Waals surface area contributed by atoms with Gasteiger partial charge < -0.3 is 5.73 Å². The van der Waals surface area contributed by atoms with Crippen molar-refractivity contribution < 1.29 is 26.0 Å². The van der Waals surface area contributed by atoms with Crippen molar-refractivity contribution in [2.45, 2.75) is 30.3 Å². The van der Waals surface area contributed by atoms with Crippen molar-refractivity contribution in [3.05, 3.63) is 22.4 Å². The monoisotopic (exact) mass is 392 g/mol. The van der Waals surface area contributed by atoms with Crippen LogP contribution in [0.25, 0.3) is 0 Å². The molecule has 0 aliphatic rings. The van der Waals surface area contributed by atoms with Gasteiger partial charge in [0, 0.05) is 17.4 Å². The number of rotatable bonds is 6. The maximum Gasteiger partial charge on any atom is 0.389 e. The van der Waals surface area contributed by atoms with Gasteiger partial charge in [0.1, 0.15) is 5.82 Å². The summed E-state index contributed by atoms with van der Waals surface area (Å²) in [6, 6.07) is 1.85. The smallest absolute Gasteiger partial charge is 0.389 e. The third kappa shape index (κ3) is 5.79. The largest absolute Gasteiger partial charge is 0.396 e. The summed E-state index contributed by atoms with van der Waals surface area (Å²) < 4.78 is 74.9. The van der Waals surface area contributed by atoms with Crippen molar-refractivity contribution in [3.8, 4) is 0 Å². The molecule has 4 nitrogen and oxygen atoms in total. The molecule has 1 aromatic rings. The summed E-state index contributed by atoms with van der Waals surface area (Å²) in [4.78, 5) is -0.266. The Morgan fingerprint density at radius 2 is 1.86 bits per heavy atom. The third-order valence-corrected chi connectivity index (χ3v) is 4.94. The maximum atomic E-state index is 13.1. The summed E-state index contributed by atoms with van der Waals surface area (Å²) in [6.45, 7) is -0.151. The maximum absolute atomic E-state index is 13.1. The molecule has 0 atom stereocenters. The summed E-state index contributed by atoms with van der Waals surface area (Å²) in [5.74, 6) is -0.772. The van der Waals surface area contributed by atoms with Crippen molar-refractivity contribution in [2.75, 3.05) is 12.3 Å². The second-order valence-corrected chi connectivity index (χ2v) is 6.86. The van der Waals surface area contributed by atoms with Crippen molar-refractivity contribution in [2.24, 2.45) is 0 Å². The number of sulfonamides is 1. The molecule has 0 radical (unpaired) electrons. The van der Waals surface area contributed by atoms with Crippen LogP contribution in [0.2, 0.25) is 0 Å². The van der Waals surface area contributed by atoms with Crippen LogP contribution in [0, 0.1) is 5.82 Å². The molecule has 0 unspecified atom stereocenters. The quantitative estimate of drug-likeness (QED) is 0.443. The molecule has 0 aromatic heterocycles. The summed E-state index contributed by atoms with van der Waals surface area (Å²) >= 11 is 2.90. The summed E-state index contributed by atoms with van der Waals surface area (Å²) in [7, 11) is -3.97. The van der Waals surface area contributed by atoms with Crippen LogP contribution in [0.1, 0.15) is 19.3 Å². The molecule has 21 heavy (non-hydrogen) atoms. The average Bonchev–Trinajstić information content (AvgIpc) is 2.31. The van der Waals surface area contributed by atoms with E-state index in [1.807, 2.05) is 0 Å². The lowest BCUT2D eigenvalue weighted by Gasteiger charge is -2.10. The topological polar surface area (TPSA) is 72.2 Å². The van der Waals surface area contributed by atoms with Gasteiger partial charge in [0.2, 0.25) is 10.0 Å². The minimum Gasteiger partial charge on any atom is -0.396 e. The second-order valence-electron chi connectivity index (χ2n) is 4.27. The lowest BCUT2D eigenvalue weighted by atomic mass is 10.2. The zero-order chi connectivity index (χ0) is 16.3. The summed E-state index contributed by atoms with van der Waals surface area (Å²) in [5, 5.41) is 0. The number of hydrogen-bond acceptors (Lipinski definition) is 3. The fraction of sp³-hybridized carbons (Fsp3) is 0.455. The van der Waals surface area contributed by atoms with E-state index >= 15 is 0 Å². The Balaban J connectivity index is 2.64. The molecule has 1 rings (SSSR count). The van der Waals surface area contributed by atoms with E-state index in [-0.39, 0.29) is 34.4 Å². The average molecular weight is 393 g/mol. The van der Waals surface area contributed by atoms with Crippen LogP contribution in [0.4, 0.5) is 23.2 Å². The van der Waals surface area contributed by atoms with Crippen molar-refractivity contribution in [1.82, 2.24) is 4.72 Å². The second kappa shape index (κ2) is 6.93. The minimum absolute atomic E-state index is 0.0167. The molecule has 10 heteroatoms. The van der Waals surface area contributed by atoms with E-state index < -0.39 is 28.4 Å². The fourth-order valence-corrected chi connectivity index (χ4v) is 3.61. The molecule has 0 aliphatic heterocycles. The van der Waals surface area contributed by atoms with E-state index in [4.69, 9.17) is 5.73 Å². The van der Waals surface area contributed by atoms with Crippen LogP contribution in [0.5, 0.6) is 0 Å². The van der Waals surface area contributed by atoms with Gasteiger partial charge >= 0.3 is 6.18 Å². The molecule has 0 fully saturated rings. The van der Waals surface area contributed by atoms with Gasteiger partial charge in [-0.2, -0.15) is 13.2 Å². The van der Waals surface area contributed by atoms with E-state index in [1.54, 1.807) is 0 Å². The highest BCUT2D eigenvalue weighted by Gasteiger charge is 2.26. The molecule has 120 valence electrons. The van der Waals surface area contributed by atoms with E-state index in [0.29, 0.717) is 0 Å². The van der Waals surface area contributed by atoms with Gasteiger partial charge in [0.05, 0.1) is 10.6 Å². The van der Waals surface area contributed by atoms with Gasteiger partial charge in [-0.15, -0.1) is 0 Å². The molecular weight excluding hydrogens is 380 g/mol. The number of nitrogens with one attached hydrogen (secondary N) is 1. The standard InChI is InChI=1S/C11H13BrF4N2O2S/c12-7-5-8(13)9(17)6-10(7)21(19,20)18-4-2-1-3-11(14,15)16/h5-6,18H,1-4,17H2. The predicted molar refractivity (Wildman–Crippen MR) is 73.6 cm³/mol. The Morgan fingerprint density at radius 1 is 1.24 bits per heavy atom. The number of hydrogen-bond donors (Lipinski definition) is 2. The summed E-state index contributed by atoms with van der Waals surface area (Å²) in [5.41, 5.74) is 4.96. The lowest BCUT2D eigenvalue weighted by molar-refractivity contribution is -0.135. The first-order valence-electron chi connectivity index (χ1n) is 5.84. The Kier molecular flexibility index (Phi) is 6.00. The normalized spacial score (nSPS) is 12.6. The highest BCUT2D eigenvalue weighted by Crippen LogP contribution is 2.27. The van der Waals surface area contributed by atoms with Gasteiger partial charge in [-0.05, 0) is 40.9 Å². The van der Waals surface area contributed by atoms with Gasteiger partial charge in [0.15, 0.2) is 0 Å². The first-order valence-corrected chi connectivity index (χ1v) is 8.11. The minimum atomic E-state index is -4.26. The van der Waals surface area contributed by atoms with Gasteiger partial charge in [-0.1, -0.05) is 0 Å². The van der Waals surface area contributed by atoms with Crippen LogP contribution in [0.15, 0.2) is 21.5 Å². The molecule has 3 N–H and O–H groups in total. The van der Waals surface area contributed by atoms with E-state index in [0.717, 1.165) is 12.1 Å². The third-order valence-electron chi connectivity index (χ3n) is 2.52. The van der Waals surface area contributed by atoms with Gasteiger partial charge in [-0.25, -0.2) is 17.5 Å². The molecule has 0 spiro atoms. The first-order chi connectivity index (χ1) is 9.53.